The summed E-state index contributed by atoms with van der Waals surface area (Å²) in [6, 6.07) is 7.81. The highest BCUT2D eigenvalue weighted by Crippen LogP contribution is 2.34. The molecule has 0 radical (unpaired) electrons. The number of rotatable bonds is 7. The Hall–Kier alpha value is -0.740. The zero-order valence-electron chi connectivity index (χ0n) is 11.5. The molecule has 0 aromatic heterocycles. The van der Waals surface area contributed by atoms with Crippen LogP contribution in [0, 0.1) is 0 Å². The van der Waals surface area contributed by atoms with Crippen LogP contribution in [0.15, 0.2) is 24.3 Å². The van der Waals surface area contributed by atoms with E-state index in [0.717, 1.165) is 37.6 Å². The molecular weight excluding hydrogens is 308 g/mol. The van der Waals surface area contributed by atoms with Crippen molar-refractivity contribution >= 4 is 15.9 Å². The molecule has 0 bridgehead atoms. The van der Waals surface area contributed by atoms with Crippen molar-refractivity contribution in [2.75, 3.05) is 13.2 Å². The van der Waals surface area contributed by atoms with Crippen LogP contribution < -0.4 is 9.47 Å². The summed E-state index contributed by atoms with van der Waals surface area (Å²) in [4.78, 5) is 0.407. The van der Waals surface area contributed by atoms with E-state index >= 15 is 0 Å². The van der Waals surface area contributed by atoms with Crippen molar-refractivity contribution in [2.24, 2.45) is 0 Å². The lowest BCUT2D eigenvalue weighted by Crippen LogP contribution is -2.52. The average Bonchev–Trinajstić information content (AvgIpc) is 2.43. The fourth-order valence-electron chi connectivity index (χ4n) is 2.06. The molecule has 2 rings (SSSR count). The Morgan fingerprint density at radius 2 is 1.84 bits per heavy atom. The van der Waals surface area contributed by atoms with E-state index in [0.29, 0.717) is 4.83 Å². The van der Waals surface area contributed by atoms with Crippen molar-refractivity contribution in [3.05, 3.63) is 24.3 Å². The van der Waals surface area contributed by atoms with Gasteiger partial charge in [0.1, 0.15) is 23.7 Å². The van der Waals surface area contributed by atoms with Gasteiger partial charge >= 0.3 is 0 Å². The Morgan fingerprint density at radius 1 is 1.16 bits per heavy atom. The SMILES string of the molecule is CCCOc1ccc(OC2CC(Br)C2OCC)cc1. The zero-order chi connectivity index (χ0) is 13.7. The molecule has 0 N–H and O–H groups in total. The van der Waals surface area contributed by atoms with Crippen molar-refractivity contribution < 1.29 is 14.2 Å². The third kappa shape index (κ3) is 3.86. The van der Waals surface area contributed by atoms with Crippen molar-refractivity contribution in [3.8, 4) is 11.5 Å². The second kappa shape index (κ2) is 7.15. The van der Waals surface area contributed by atoms with E-state index in [4.69, 9.17) is 14.2 Å². The highest BCUT2D eigenvalue weighted by atomic mass is 79.9. The molecule has 3 nitrogen and oxygen atoms in total. The molecule has 106 valence electrons. The smallest absolute Gasteiger partial charge is 0.127 e. The molecule has 1 aromatic carbocycles. The third-order valence-corrected chi connectivity index (χ3v) is 4.02. The first-order chi connectivity index (χ1) is 9.24. The van der Waals surface area contributed by atoms with Gasteiger partial charge in [-0.2, -0.15) is 0 Å². The van der Waals surface area contributed by atoms with Gasteiger partial charge in [0, 0.05) is 17.9 Å². The number of hydrogen-bond donors (Lipinski definition) is 0. The second-order valence-corrected chi connectivity index (χ2v) is 5.82. The molecule has 0 amide bonds. The minimum absolute atomic E-state index is 0.145. The summed E-state index contributed by atoms with van der Waals surface area (Å²) in [6.45, 7) is 5.57. The predicted octanol–water partition coefficient (Wildman–Crippen LogP) is 3.80. The fraction of sp³-hybridized carbons (Fsp3) is 0.600. The van der Waals surface area contributed by atoms with Crippen molar-refractivity contribution in [1.29, 1.82) is 0 Å². The van der Waals surface area contributed by atoms with E-state index in [2.05, 4.69) is 22.9 Å². The van der Waals surface area contributed by atoms with Gasteiger partial charge in [-0.3, -0.25) is 0 Å². The molecule has 1 saturated carbocycles. The van der Waals surface area contributed by atoms with E-state index in [9.17, 15) is 0 Å². The van der Waals surface area contributed by atoms with E-state index in [1.54, 1.807) is 0 Å². The van der Waals surface area contributed by atoms with Crippen molar-refractivity contribution in [1.82, 2.24) is 0 Å². The summed E-state index contributed by atoms with van der Waals surface area (Å²) in [5.41, 5.74) is 0. The molecule has 4 heteroatoms. The molecule has 0 spiro atoms. The van der Waals surface area contributed by atoms with Crippen molar-refractivity contribution in [2.45, 2.75) is 43.7 Å². The number of benzene rings is 1. The lowest BCUT2D eigenvalue weighted by molar-refractivity contribution is -0.0723. The number of halogens is 1. The van der Waals surface area contributed by atoms with Crippen LogP contribution in [-0.2, 0) is 4.74 Å². The molecule has 1 aromatic rings. The first-order valence-corrected chi connectivity index (χ1v) is 7.81. The Balaban J connectivity index is 1.86. The minimum atomic E-state index is 0.145. The molecule has 1 aliphatic carbocycles. The van der Waals surface area contributed by atoms with Crippen molar-refractivity contribution in [3.63, 3.8) is 0 Å². The van der Waals surface area contributed by atoms with Gasteiger partial charge < -0.3 is 14.2 Å². The van der Waals surface area contributed by atoms with Gasteiger partial charge in [0.25, 0.3) is 0 Å². The topological polar surface area (TPSA) is 27.7 Å². The average molecular weight is 329 g/mol. The van der Waals surface area contributed by atoms with Gasteiger partial charge in [0.15, 0.2) is 0 Å². The van der Waals surface area contributed by atoms with E-state index in [-0.39, 0.29) is 12.2 Å². The molecule has 1 fully saturated rings. The van der Waals surface area contributed by atoms with Crippen LogP contribution >= 0.6 is 15.9 Å². The molecular formula is C15H21BrO3. The maximum Gasteiger partial charge on any atom is 0.127 e. The maximum absolute atomic E-state index is 5.93. The largest absolute Gasteiger partial charge is 0.494 e. The van der Waals surface area contributed by atoms with Gasteiger partial charge in [-0.25, -0.2) is 0 Å². The van der Waals surface area contributed by atoms with Crippen LogP contribution in [0.3, 0.4) is 0 Å². The summed E-state index contributed by atoms with van der Waals surface area (Å²) in [7, 11) is 0. The number of alkyl halides is 1. The highest BCUT2D eigenvalue weighted by Gasteiger charge is 2.42. The summed E-state index contributed by atoms with van der Waals surface area (Å²) in [5, 5.41) is 0. The molecule has 0 heterocycles. The van der Waals surface area contributed by atoms with Gasteiger partial charge in [0.2, 0.25) is 0 Å². The van der Waals surface area contributed by atoms with Gasteiger partial charge in [-0.05, 0) is 37.6 Å². The van der Waals surface area contributed by atoms with Crippen LogP contribution in [0.25, 0.3) is 0 Å². The first kappa shape index (κ1) is 14.7. The van der Waals surface area contributed by atoms with Gasteiger partial charge in [-0.15, -0.1) is 0 Å². The Bertz CT molecular complexity index is 379. The quantitative estimate of drug-likeness (QED) is 0.712. The summed E-state index contributed by atoms with van der Waals surface area (Å²) in [5.74, 6) is 1.76. The molecule has 19 heavy (non-hydrogen) atoms. The summed E-state index contributed by atoms with van der Waals surface area (Å²) >= 11 is 3.60. The normalized spacial score (nSPS) is 25.7. The van der Waals surface area contributed by atoms with E-state index in [1.165, 1.54) is 0 Å². The summed E-state index contributed by atoms with van der Waals surface area (Å²) in [6.07, 6.45) is 2.30. The van der Waals surface area contributed by atoms with Gasteiger partial charge in [-0.1, -0.05) is 22.9 Å². The highest BCUT2D eigenvalue weighted by molar-refractivity contribution is 9.09. The van der Waals surface area contributed by atoms with Crippen LogP contribution in [0.2, 0.25) is 0 Å². The molecule has 3 unspecified atom stereocenters. The predicted molar refractivity (Wildman–Crippen MR) is 79.4 cm³/mol. The first-order valence-electron chi connectivity index (χ1n) is 6.89. The Kier molecular flexibility index (Phi) is 5.52. The molecule has 1 aliphatic rings. The monoisotopic (exact) mass is 328 g/mol. The number of ether oxygens (including phenoxy) is 3. The molecule has 3 atom stereocenters. The minimum Gasteiger partial charge on any atom is -0.494 e. The maximum atomic E-state index is 5.93. The third-order valence-electron chi connectivity index (χ3n) is 3.12. The lowest BCUT2D eigenvalue weighted by atomic mass is 9.91. The van der Waals surface area contributed by atoms with Crippen LogP contribution in [0.5, 0.6) is 11.5 Å². The summed E-state index contributed by atoms with van der Waals surface area (Å²) < 4.78 is 17.1. The second-order valence-electron chi connectivity index (χ2n) is 4.65. The molecule has 0 saturated heterocycles. The Morgan fingerprint density at radius 3 is 2.42 bits per heavy atom. The fourth-order valence-corrected chi connectivity index (χ4v) is 2.92. The zero-order valence-corrected chi connectivity index (χ0v) is 13.1. The van der Waals surface area contributed by atoms with Crippen LogP contribution in [-0.4, -0.2) is 30.2 Å². The van der Waals surface area contributed by atoms with E-state index in [1.807, 2.05) is 31.2 Å². The van der Waals surface area contributed by atoms with Crippen LogP contribution in [0.4, 0.5) is 0 Å². The standard InChI is InChI=1S/C15H21BrO3/c1-3-9-18-11-5-7-12(8-6-11)19-14-10-13(16)15(14)17-4-2/h5-8,13-15H,3-4,9-10H2,1-2H3. The number of hydrogen-bond acceptors (Lipinski definition) is 3. The molecule has 0 aliphatic heterocycles. The Labute approximate surface area is 123 Å². The van der Waals surface area contributed by atoms with E-state index < -0.39 is 0 Å². The van der Waals surface area contributed by atoms with Gasteiger partial charge in [0.05, 0.1) is 6.61 Å². The lowest BCUT2D eigenvalue weighted by Gasteiger charge is -2.40. The van der Waals surface area contributed by atoms with Crippen LogP contribution in [0.1, 0.15) is 26.7 Å².